The van der Waals surface area contributed by atoms with Gasteiger partial charge in [0.1, 0.15) is 0 Å². The Morgan fingerprint density at radius 2 is 1.92 bits per heavy atom. The molecular formula is C26H32ClF3N4O3. The molecule has 1 aliphatic carbocycles. The summed E-state index contributed by atoms with van der Waals surface area (Å²) in [6, 6.07) is 7.89. The normalized spacial score (nSPS) is 16.1. The lowest BCUT2D eigenvalue weighted by atomic mass is 9.80. The molecular weight excluding hydrogens is 509 g/mol. The van der Waals surface area contributed by atoms with E-state index in [-0.39, 0.29) is 37.8 Å². The average Bonchev–Trinajstić information content (AvgIpc) is 3.67. The van der Waals surface area contributed by atoms with Gasteiger partial charge in [0.2, 0.25) is 11.8 Å². The van der Waals surface area contributed by atoms with Crippen LogP contribution in [0.4, 0.5) is 13.2 Å². The van der Waals surface area contributed by atoms with Crippen molar-refractivity contribution in [2.45, 2.75) is 43.8 Å². The SMILES string of the molecule is CNC(=O)c1ccc(CC(CNC(=O)CC(c2ccc(OC)nc2)C2(C(F)(F)F)CC2)N(C)C)c(Cl)c1. The molecule has 2 unspecified atom stereocenters. The number of likely N-dealkylation sites (N-methyl/N-ethyl adjacent to an activating group) is 1. The number of ether oxygens (including phenoxy) is 1. The van der Waals surface area contributed by atoms with Gasteiger partial charge < -0.3 is 20.3 Å². The quantitative estimate of drug-likeness (QED) is 0.446. The number of benzene rings is 1. The van der Waals surface area contributed by atoms with Gasteiger partial charge in [-0.05, 0) is 56.6 Å². The van der Waals surface area contributed by atoms with Crippen LogP contribution in [0.5, 0.6) is 5.88 Å². The largest absolute Gasteiger partial charge is 0.481 e. The van der Waals surface area contributed by atoms with Crippen LogP contribution < -0.4 is 15.4 Å². The molecule has 11 heteroatoms. The summed E-state index contributed by atoms with van der Waals surface area (Å²) in [5, 5.41) is 5.78. The van der Waals surface area contributed by atoms with Gasteiger partial charge in [0.05, 0.1) is 12.5 Å². The van der Waals surface area contributed by atoms with E-state index in [0.717, 1.165) is 5.56 Å². The van der Waals surface area contributed by atoms with Crippen LogP contribution in [0.3, 0.4) is 0 Å². The molecule has 202 valence electrons. The van der Waals surface area contributed by atoms with Gasteiger partial charge in [-0.3, -0.25) is 9.59 Å². The van der Waals surface area contributed by atoms with Crippen molar-refractivity contribution in [1.29, 1.82) is 0 Å². The van der Waals surface area contributed by atoms with Crippen molar-refractivity contribution in [3.05, 3.63) is 58.2 Å². The molecule has 0 saturated heterocycles. The molecule has 0 bridgehead atoms. The Labute approximate surface area is 219 Å². The first-order valence-corrected chi connectivity index (χ1v) is 12.3. The highest BCUT2D eigenvalue weighted by atomic mass is 35.5. The van der Waals surface area contributed by atoms with Crippen molar-refractivity contribution in [1.82, 2.24) is 20.5 Å². The van der Waals surface area contributed by atoms with Crippen LogP contribution in [0, 0.1) is 5.41 Å². The minimum absolute atomic E-state index is 0.0225. The number of rotatable bonds is 11. The molecule has 2 atom stereocenters. The topological polar surface area (TPSA) is 83.6 Å². The van der Waals surface area contributed by atoms with Crippen LogP contribution >= 0.6 is 11.6 Å². The fourth-order valence-corrected chi connectivity index (χ4v) is 4.75. The number of methoxy groups -OCH3 is 1. The minimum Gasteiger partial charge on any atom is -0.481 e. The second kappa shape index (κ2) is 11.7. The number of hydrogen-bond acceptors (Lipinski definition) is 5. The summed E-state index contributed by atoms with van der Waals surface area (Å²) in [5.41, 5.74) is -0.346. The highest BCUT2D eigenvalue weighted by Crippen LogP contribution is 2.66. The number of alkyl halides is 3. The first kappa shape index (κ1) is 28.7. The van der Waals surface area contributed by atoms with Crippen LogP contribution in [0.25, 0.3) is 0 Å². The van der Waals surface area contributed by atoms with Crippen LogP contribution in [0.1, 0.15) is 46.7 Å². The number of nitrogens with zero attached hydrogens (tertiary/aromatic N) is 2. The molecule has 0 aliphatic heterocycles. The van der Waals surface area contributed by atoms with Crippen LogP contribution in [0.15, 0.2) is 36.5 Å². The predicted octanol–water partition coefficient (Wildman–Crippen LogP) is 4.21. The van der Waals surface area contributed by atoms with Crippen molar-refractivity contribution in [3.8, 4) is 5.88 Å². The number of hydrogen-bond donors (Lipinski definition) is 2. The number of carbonyl (C=O) groups excluding carboxylic acids is 2. The maximum atomic E-state index is 14.0. The third-order valence-electron chi connectivity index (χ3n) is 7.04. The Morgan fingerprint density at radius 1 is 1.22 bits per heavy atom. The lowest BCUT2D eigenvalue weighted by molar-refractivity contribution is -0.194. The lowest BCUT2D eigenvalue weighted by Gasteiger charge is -2.30. The highest BCUT2D eigenvalue weighted by molar-refractivity contribution is 6.31. The second-order valence-corrected chi connectivity index (χ2v) is 9.96. The van der Waals surface area contributed by atoms with Crippen molar-refractivity contribution in [2.24, 2.45) is 5.41 Å². The van der Waals surface area contributed by atoms with E-state index in [1.54, 1.807) is 24.3 Å². The Hall–Kier alpha value is -2.85. The van der Waals surface area contributed by atoms with Crippen LogP contribution in [0.2, 0.25) is 5.02 Å². The van der Waals surface area contributed by atoms with Crippen molar-refractivity contribution in [2.75, 3.05) is 34.8 Å². The van der Waals surface area contributed by atoms with E-state index in [1.165, 1.54) is 26.4 Å². The number of amides is 2. The Bertz CT molecular complexity index is 1110. The van der Waals surface area contributed by atoms with E-state index < -0.39 is 23.4 Å². The molecule has 37 heavy (non-hydrogen) atoms. The number of carbonyl (C=O) groups is 2. The zero-order chi connectivity index (χ0) is 27.4. The van der Waals surface area contributed by atoms with Crippen molar-refractivity contribution >= 4 is 23.4 Å². The maximum absolute atomic E-state index is 14.0. The first-order valence-electron chi connectivity index (χ1n) is 11.9. The molecule has 2 amide bonds. The molecule has 7 nitrogen and oxygen atoms in total. The second-order valence-electron chi connectivity index (χ2n) is 9.56. The molecule has 1 saturated carbocycles. The fourth-order valence-electron chi connectivity index (χ4n) is 4.49. The number of aromatic nitrogens is 1. The minimum atomic E-state index is -4.43. The molecule has 0 spiro atoms. The summed E-state index contributed by atoms with van der Waals surface area (Å²) in [7, 11) is 6.65. The van der Waals surface area contributed by atoms with Gasteiger partial charge >= 0.3 is 6.18 Å². The van der Waals surface area contributed by atoms with Gasteiger partial charge in [-0.25, -0.2) is 4.98 Å². The van der Waals surface area contributed by atoms with Gasteiger partial charge in [0, 0.05) is 54.8 Å². The Kier molecular flexibility index (Phi) is 9.07. The van der Waals surface area contributed by atoms with Crippen LogP contribution in [-0.2, 0) is 11.2 Å². The van der Waals surface area contributed by atoms with Crippen LogP contribution in [-0.4, -0.2) is 68.7 Å². The van der Waals surface area contributed by atoms with E-state index in [0.29, 0.717) is 28.5 Å². The maximum Gasteiger partial charge on any atom is 0.395 e. The Morgan fingerprint density at radius 3 is 2.41 bits per heavy atom. The summed E-state index contributed by atoms with van der Waals surface area (Å²) >= 11 is 6.39. The lowest BCUT2D eigenvalue weighted by Crippen LogP contribution is -2.42. The van der Waals surface area contributed by atoms with E-state index in [2.05, 4.69) is 15.6 Å². The van der Waals surface area contributed by atoms with Gasteiger partial charge in [-0.15, -0.1) is 0 Å². The zero-order valence-corrected chi connectivity index (χ0v) is 22.0. The molecule has 1 aromatic heterocycles. The fraction of sp³-hybridized carbons (Fsp3) is 0.500. The molecule has 1 aliphatic rings. The third kappa shape index (κ3) is 6.73. The van der Waals surface area contributed by atoms with E-state index in [4.69, 9.17) is 16.3 Å². The summed E-state index contributed by atoms with van der Waals surface area (Å²) in [5.74, 6) is -1.47. The summed E-state index contributed by atoms with van der Waals surface area (Å²) in [6.45, 7) is 0.214. The zero-order valence-electron chi connectivity index (χ0n) is 21.3. The Balaban J connectivity index is 1.71. The molecule has 2 aromatic rings. The molecule has 1 heterocycles. The highest BCUT2D eigenvalue weighted by Gasteiger charge is 2.67. The molecule has 1 fully saturated rings. The monoisotopic (exact) mass is 540 g/mol. The molecule has 0 radical (unpaired) electrons. The molecule has 1 aromatic carbocycles. The summed E-state index contributed by atoms with van der Waals surface area (Å²) in [6.07, 6.45) is -2.96. The van der Waals surface area contributed by atoms with E-state index in [9.17, 15) is 22.8 Å². The van der Waals surface area contributed by atoms with E-state index >= 15 is 0 Å². The average molecular weight is 541 g/mol. The first-order chi connectivity index (χ1) is 17.4. The van der Waals surface area contributed by atoms with Gasteiger partial charge in [0.15, 0.2) is 0 Å². The number of nitrogens with one attached hydrogen (secondary N) is 2. The smallest absolute Gasteiger partial charge is 0.395 e. The number of halogens is 4. The van der Waals surface area contributed by atoms with Crippen molar-refractivity contribution in [3.63, 3.8) is 0 Å². The van der Waals surface area contributed by atoms with Crippen molar-refractivity contribution < 1.29 is 27.5 Å². The predicted molar refractivity (Wildman–Crippen MR) is 135 cm³/mol. The van der Waals surface area contributed by atoms with Gasteiger partial charge in [0.25, 0.3) is 5.91 Å². The third-order valence-corrected chi connectivity index (χ3v) is 7.40. The summed E-state index contributed by atoms with van der Waals surface area (Å²) < 4.78 is 47.0. The van der Waals surface area contributed by atoms with Gasteiger partial charge in [-0.2, -0.15) is 13.2 Å². The molecule has 3 rings (SSSR count). The molecule has 2 N–H and O–H groups in total. The standard InChI is InChI=1S/C26H32ClF3N4O3/c1-31-24(36)17-6-5-16(21(27)12-17)11-19(34(2)3)15-32-22(35)13-20(25(9-10-25)26(28,29)30)18-7-8-23(37-4)33-14-18/h5-8,12,14,19-20H,9-11,13,15H2,1-4H3,(H,31,36)(H,32,35). The van der Waals surface area contributed by atoms with Gasteiger partial charge in [-0.1, -0.05) is 23.7 Å². The van der Waals surface area contributed by atoms with E-state index in [1.807, 2.05) is 19.0 Å². The summed E-state index contributed by atoms with van der Waals surface area (Å²) in [4.78, 5) is 30.7. The number of pyridine rings is 1.